The minimum absolute atomic E-state index is 0.139. The summed E-state index contributed by atoms with van der Waals surface area (Å²) in [7, 11) is 0. The number of benzene rings is 1. The van der Waals surface area contributed by atoms with Crippen molar-refractivity contribution in [1.82, 2.24) is 10.2 Å². The van der Waals surface area contributed by atoms with Crippen LogP contribution in [0.1, 0.15) is 34.6 Å². The lowest BCUT2D eigenvalue weighted by Gasteiger charge is -2.40. The topological polar surface area (TPSA) is 49.4 Å². The van der Waals surface area contributed by atoms with Gasteiger partial charge in [0.15, 0.2) is 0 Å². The lowest BCUT2D eigenvalue weighted by Crippen LogP contribution is -2.59. The third-order valence-electron chi connectivity index (χ3n) is 5.79. The first-order valence-electron chi connectivity index (χ1n) is 7.78. The van der Waals surface area contributed by atoms with Gasteiger partial charge >= 0.3 is 0 Å². The molecule has 4 rings (SSSR count). The van der Waals surface area contributed by atoms with Crippen LogP contribution < -0.4 is 5.32 Å². The number of carbonyl (C=O) groups excluding carboxylic acids is 2. The summed E-state index contributed by atoms with van der Waals surface area (Å²) in [6.07, 6.45) is 0. The van der Waals surface area contributed by atoms with Gasteiger partial charge in [-0.15, -0.1) is 0 Å². The minimum atomic E-state index is -0.139. The smallest absolute Gasteiger partial charge is 0.261 e. The predicted molar refractivity (Wildman–Crippen MR) is 78.9 cm³/mol. The molecule has 1 N–H and O–H groups in total. The molecule has 1 saturated carbocycles. The largest absolute Gasteiger partial charge is 0.312 e. The van der Waals surface area contributed by atoms with E-state index in [1.807, 2.05) is 12.1 Å². The second-order valence-electron chi connectivity index (χ2n) is 6.74. The van der Waals surface area contributed by atoms with Crippen molar-refractivity contribution in [2.75, 3.05) is 13.1 Å². The highest BCUT2D eigenvalue weighted by atomic mass is 16.2. The van der Waals surface area contributed by atoms with Gasteiger partial charge in [-0.05, 0) is 35.8 Å². The number of hydrogen-bond acceptors (Lipinski definition) is 3. The minimum Gasteiger partial charge on any atom is -0.312 e. The van der Waals surface area contributed by atoms with E-state index < -0.39 is 0 Å². The molecule has 0 radical (unpaired) electrons. The molecule has 2 fully saturated rings. The van der Waals surface area contributed by atoms with E-state index in [0.717, 1.165) is 24.3 Å². The molecule has 4 heteroatoms. The van der Waals surface area contributed by atoms with Crippen LogP contribution in [0.5, 0.6) is 0 Å². The van der Waals surface area contributed by atoms with Crippen LogP contribution in [0.4, 0.5) is 0 Å². The van der Waals surface area contributed by atoms with Crippen molar-refractivity contribution < 1.29 is 9.59 Å². The quantitative estimate of drug-likeness (QED) is 0.861. The van der Waals surface area contributed by atoms with Crippen molar-refractivity contribution in [3.8, 4) is 0 Å². The number of fused-ring (bicyclic) bond motifs is 1. The Morgan fingerprint density at radius 2 is 1.67 bits per heavy atom. The highest BCUT2D eigenvalue weighted by Gasteiger charge is 2.53. The van der Waals surface area contributed by atoms with Crippen LogP contribution in [0.15, 0.2) is 24.3 Å². The number of nitrogens with zero attached hydrogens (tertiary/aromatic N) is 1. The van der Waals surface area contributed by atoms with Crippen molar-refractivity contribution >= 4 is 11.8 Å². The van der Waals surface area contributed by atoms with E-state index in [4.69, 9.17) is 0 Å². The maximum absolute atomic E-state index is 12.4. The molecule has 0 spiro atoms. The Balaban J connectivity index is 1.49. The Hall–Kier alpha value is -1.68. The third kappa shape index (κ3) is 1.78. The molecule has 1 aliphatic carbocycles. The zero-order valence-electron chi connectivity index (χ0n) is 12.4. The molecule has 4 nitrogen and oxygen atoms in total. The molecule has 1 aromatic carbocycles. The molecule has 2 heterocycles. The summed E-state index contributed by atoms with van der Waals surface area (Å²) in [6.45, 7) is 6.12. The number of carbonyl (C=O) groups is 2. The van der Waals surface area contributed by atoms with E-state index in [9.17, 15) is 9.59 Å². The fourth-order valence-electron chi connectivity index (χ4n) is 4.11. The SMILES string of the molecule is CC1C(C)C1C1CNC1CN1C(=O)c2ccccc2C1=O. The maximum Gasteiger partial charge on any atom is 0.261 e. The van der Waals surface area contributed by atoms with Crippen LogP contribution in [0.2, 0.25) is 0 Å². The van der Waals surface area contributed by atoms with Crippen LogP contribution in [-0.4, -0.2) is 35.8 Å². The fourth-order valence-corrected chi connectivity index (χ4v) is 4.11. The van der Waals surface area contributed by atoms with Gasteiger partial charge in [-0.3, -0.25) is 14.5 Å². The third-order valence-corrected chi connectivity index (χ3v) is 5.79. The predicted octanol–water partition coefficient (Wildman–Crippen LogP) is 1.77. The first kappa shape index (κ1) is 13.0. The summed E-state index contributed by atoms with van der Waals surface area (Å²) in [5, 5.41) is 3.41. The van der Waals surface area contributed by atoms with E-state index in [0.29, 0.717) is 23.6 Å². The van der Waals surface area contributed by atoms with Crippen molar-refractivity contribution in [2.45, 2.75) is 19.9 Å². The van der Waals surface area contributed by atoms with Gasteiger partial charge < -0.3 is 5.32 Å². The van der Waals surface area contributed by atoms with Gasteiger partial charge in [-0.2, -0.15) is 0 Å². The summed E-state index contributed by atoms with van der Waals surface area (Å²) >= 11 is 0. The number of hydrogen-bond donors (Lipinski definition) is 1. The van der Waals surface area contributed by atoms with Gasteiger partial charge in [-0.25, -0.2) is 0 Å². The molecule has 2 amide bonds. The zero-order chi connectivity index (χ0) is 14.7. The van der Waals surface area contributed by atoms with E-state index in [1.54, 1.807) is 12.1 Å². The Labute approximate surface area is 124 Å². The first-order valence-corrected chi connectivity index (χ1v) is 7.78. The molecular formula is C17H20N2O2. The van der Waals surface area contributed by atoms with Crippen molar-refractivity contribution in [1.29, 1.82) is 0 Å². The van der Waals surface area contributed by atoms with Crippen LogP contribution in [0, 0.1) is 23.7 Å². The average Bonchev–Trinajstić information content (AvgIpc) is 2.95. The highest BCUT2D eigenvalue weighted by molar-refractivity contribution is 6.21. The summed E-state index contributed by atoms with van der Waals surface area (Å²) in [6, 6.07) is 7.37. The number of rotatable bonds is 3. The van der Waals surface area contributed by atoms with E-state index in [1.165, 1.54) is 4.90 Å². The summed E-state index contributed by atoms with van der Waals surface area (Å²) < 4.78 is 0. The van der Waals surface area contributed by atoms with Crippen molar-refractivity contribution in [3.63, 3.8) is 0 Å². The van der Waals surface area contributed by atoms with Gasteiger partial charge in [0.05, 0.1) is 11.1 Å². The number of imide groups is 1. The molecule has 1 aromatic rings. The summed E-state index contributed by atoms with van der Waals surface area (Å²) in [4.78, 5) is 26.2. The average molecular weight is 284 g/mol. The first-order chi connectivity index (χ1) is 10.1. The van der Waals surface area contributed by atoms with Gasteiger partial charge in [0, 0.05) is 19.1 Å². The molecule has 21 heavy (non-hydrogen) atoms. The Morgan fingerprint density at radius 1 is 1.10 bits per heavy atom. The molecule has 1 saturated heterocycles. The number of amides is 2. The Kier molecular flexibility index (Phi) is 2.73. The van der Waals surface area contributed by atoms with Crippen molar-refractivity contribution in [2.24, 2.45) is 23.7 Å². The van der Waals surface area contributed by atoms with Crippen LogP contribution in [0.3, 0.4) is 0 Å². The normalized spacial score (nSPS) is 37.4. The fraction of sp³-hybridized carbons (Fsp3) is 0.529. The molecule has 2 aliphatic heterocycles. The van der Waals surface area contributed by atoms with E-state index in [-0.39, 0.29) is 17.9 Å². The Morgan fingerprint density at radius 3 is 2.10 bits per heavy atom. The monoisotopic (exact) mass is 284 g/mol. The molecule has 110 valence electrons. The van der Waals surface area contributed by atoms with Gasteiger partial charge in [0.25, 0.3) is 11.8 Å². The second kappa shape index (κ2) is 4.41. The van der Waals surface area contributed by atoms with Crippen molar-refractivity contribution in [3.05, 3.63) is 35.4 Å². The van der Waals surface area contributed by atoms with Crippen LogP contribution in [-0.2, 0) is 0 Å². The molecule has 4 unspecified atom stereocenters. The van der Waals surface area contributed by atoms with Gasteiger partial charge in [-0.1, -0.05) is 26.0 Å². The Bertz CT molecular complexity index is 584. The molecule has 0 aromatic heterocycles. The summed E-state index contributed by atoms with van der Waals surface area (Å²) in [5.74, 6) is 2.65. The number of nitrogens with one attached hydrogen (secondary N) is 1. The lowest BCUT2D eigenvalue weighted by molar-refractivity contribution is 0.0576. The molecular weight excluding hydrogens is 264 g/mol. The molecule has 4 atom stereocenters. The second-order valence-corrected chi connectivity index (χ2v) is 6.74. The highest BCUT2D eigenvalue weighted by Crippen LogP contribution is 2.52. The maximum atomic E-state index is 12.4. The molecule has 3 aliphatic rings. The van der Waals surface area contributed by atoms with E-state index >= 15 is 0 Å². The van der Waals surface area contributed by atoms with Crippen LogP contribution >= 0.6 is 0 Å². The lowest BCUT2D eigenvalue weighted by atomic mass is 9.85. The molecule has 0 bridgehead atoms. The van der Waals surface area contributed by atoms with Crippen LogP contribution in [0.25, 0.3) is 0 Å². The van der Waals surface area contributed by atoms with Gasteiger partial charge in [0.1, 0.15) is 0 Å². The zero-order valence-corrected chi connectivity index (χ0v) is 12.4. The summed E-state index contributed by atoms with van der Waals surface area (Å²) in [5.41, 5.74) is 1.10. The van der Waals surface area contributed by atoms with E-state index in [2.05, 4.69) is 19.2 Å². The standard InChI is InChI=1S/C17H20N2O2/c1-9-10(2)15(9)13-7-18-14(13)8-19-16(20)11-5-3-4-6-12(11)17(19)21/h3-6,9-10,13-15,18H,7-8H2,1-2H3. The van der Waals surface area contributed by atoms with Gasteiger partial charge in [0.2, 0.25) is 0 Å².